The predicted molar refractivity (Wildman–Crippen MR) is 151 cm³/mol. The van der Waals surface area contributed by atoms with Crippen LogP contribution in [0.15, 0.2) is 40.4 Å². The number of fused-ring (bicyclic) bond motifs is 2. The third-order valence-electron chi connectivity index (χ3n) is 5.59. The zero-order valence-electron chi connectivity index (χ0n) is 17.7. The lowest BCUT2D eigenvalue weighted by Gasteiger charge is -2.13. The van der Waals surface area contributed by atoms with Gasteiger partial charge in [0.1, 0.15) is 0 Å². The lowest BCUT2D eigenvalue weighted by Crippen LogP contribution is -2.32. The number of hydrogen-bond acceptors (Lipinski definition) is 7. The molecule has 3 heterocycles. The molecular formula is C22H15Br4N3O4S2. The van der Waals surface area contributed by atoms with Gasteiger partial charge in [0.15, 0.2) is 4.34 Å². The van der Waals surface area contributed by atoms with Gasteiger partial charge in [-0.1, -0.05) is 11.8 Å². The summed E-state index contributed by atoms with van der Waals surface area (Å²) in [4.78, 5) is 44.5. The summed E-state index contributed by atoms with van der Waals surface area (Å²) >= 11 is 16.5. The summed E-state index contributed by atoms with van der Waals surface area (Å²) in [7, 11) is 0. The molecule has 0 aliphatic carbocycles. The molecule has 7 nitrogen and oxygen atoms in total. The van der Waals surface area contributed by atoms with E-state index in [1.165, 1.54) is 28.0 Å². The first-order valence-electron chi connectivity index (χ1n) is 10.4. The molecule has 1 atom stereocenters. The highest BCUT2D eigenvalue weighted by molar-refractivity contribution is 9.15. The van der Waals surface area contributed by atoms with Crippen LogP contribution in [0.5, 0.6) is 0 Å². The van der Waals surface area contributed by atoms with Gasteiger partial charge in [0, 0.05) is 31.0 Å². The van der Waals surface area contributed by atoms with E-state index in [1.807, 2.05) is 0 Å². The maximum Gasteiger partial charge on any atom is 0.267 e. The molecule has 1 fully saturated rings. The number of thioether (sulfide) groups is 1. The van der Waals surface area contributed by atoms with Crippen molar-refractivity contribution in [1.29, 1.82) is 0 Å². The third kappa shape index (κ3) is 4.89. The SMILES string of the molecule is O=C(CSc1nc2ccc(N3C(=O)c4c(Br)c(Br)c(Br)c(Br)c4C3=O)cc2s1)NC[C@@H]1CCCO1. The minimum atomic E-state index is -0.410. The van der Waals surface area contributed by atoms with Crippen molar-refractivity contribution in [2.24, 2.45) is 0 Å². The minimum absolute atomic E-state index is 0.0649. The second kappa shape index (κ2) is 10.5. The number of thiazole rings is 1. The summed E-state index contributed by atoms with van der Waals surface area (Å²) in [5.74, 6) is -0.631. The number of carbonyl (C=O) groups is 3. The molecule has 13 heteroatoms. The van der Waals surface area contributed by atoms with E-state index in [1.54, 1.807) is 18.2 Å². The second-order valence-corrected chi connectivity index (χ2v) is 13.2. The van der Waals surface area contributed by atoms with Crippen molar-refractivity contribution in [3.63, 3.8) is 0 Å². The summed E-state index contributed by atoms with van der Waals surface area (Å²) < 4.78 is 9.40. The van der Waals surface area contributed by atoms with Crippen molar-refractivity contribution < 1.29 is 19.1 Å². The number of imide groups is 1. The number of nitrogens with one attached hydrogen (secondary N) is 1. The molecule has 2 aliphatic rings. The molecule has 0 unspecified atom stereocenters. The van der Waals surface area contributed by atoms with Crippen LogP contribution in [0.4, 0.5) is 5.69 Å². The fourth-order valence-electron chi connectivity index (χ4n) is 3.89. The number of ether oxygens (including phenoxy) is 1. The average molecular weight is 769 g/mol. The van der Waals surface area contributed by atoms with Crippen molar-refractivity contribution in [1.82, 2.24) is 10.3 Å². The van der Waals surface area contributed by atoms with Gasteiger partial charge in [-0.15, -0.1) is 11.3 Å². The molecule has 2 aliphatic heterocycles. The number of benzene rings is 2. The van der Waals surface area contributed by atoms with Gasteiger partial charge in [0.05, 0.1) is 38.9 Å². The van der Waals surface area contributed by atoms with Crippen molar-refractivity contribution in [3.8, 4) is 0 Å². The Labute approximate surface area is 242 Å². The van der Waals surface area contributed by atoms with Gasteiger partial charge in [0.25, 0.3) is 11.8 Å². The number of hydrogen-bond donors (Lipinski definition) is 1. The second-order valence-electron chi connectivity index (χ2n) is 7.81. The number of amides is 3. The normalized spacial score (nSPS) is 17.5. The van der Waals surface area contributed by atoms with Crippen molar-refractivity contribution >= 4 is 120 Å². The topological polar surface area (TPSA) is 88.6 Å². The number of halogens is 4. The van der Waals surface area contributed by atoms with E-state index in [2.05, 4.69) is 74.0 Å². The lowest BCUT2D eigenvalue weighted by atomic mass is 10.1. The van der Waals surface area contributed by atoms with Gasteiger partial charge in [-0.3, -0.25) is 14.4 Å². The zero-order valence-corrected chi connectivity index (χ0v) is 25.7. The zero-order chi connectivity index (χ0) is 24.9. The van der Waals surface area contributed by atoms with Gasteiger partial charge < -0.3 is 10.1 Å². The monoisotopic (exact) mass is 765 g/mol. The first-order chi connectivity index (χ1) is 16.8. The maximum atomic E-state index is 13.3. The van der Waals surface area contributed by atoms with Crippen LogP contribution in [0.3, 0.4) is 0 Å². The number of nitrogens with zero attached hydrogens (tertiary/aromatic N) is 2. The highest BCUT2D eigenvalue weighted by atomic mass is 79.9. The van der Waals surface area contributed by atoms with Crippen molar-refractivity contribution in [2.45, 2.75) is 23.3 Å². The quantitative estimate of drug-likeness (QED) is 0.133. The van der Waals surface area contributed by atoms with Crippen LogP contribution in [0.2, 0.25) is 0 Å². The molecule has 3 amide bonds. The van der Waals surface area contributed by atoms with E-state index in [4.69, 9.17) is 4.74 Å². The molecule has 35 heavy (non-hydrogen) atoms. The molecular weight excluding hydrogens is 754 g/mol. The summed E-state index contributed by atoms with van der Waals surface area (Å²) in [6.07, 6.45) is 2.12. The Hall–Kier alpha value is -0.830. The fraction of sp³-hybridized carbons (Fsp3) is 0.273. The van der Waals surface area contributed by atoms with Crippen LogP contribution >= 0.6 is 86.8 Å². The number of rotatable bonds is 6. The Morgan fingerprint density at radius 2 is 1.80 bits per heavy atom. The number of aromatic nitrogens is 1. The summed E-state index contributed by atoms with van der Waals surface area (Å²) in [6.45, 7) is 1.29. The largest absolute Gasteiger partial charge is 0.376 e. The molecule has 2 aromatic carbocycles. The minimum Gasteiger partial charge on any atom is -0.376 e. The van der Waals surface area contributed by atoms with Crippen LogP contribution in [-0.2, 0) is 9.53 Å². The molecule has 5 rings (SSSR count). The van der Waals surface area contributed by atoms with Crippen molar-refractivity contribution in [2.75, 3.05) is 23.8 Å². The van der Waals surface area contributed by atoms with Crippen LogP contribution in [0.1, 0.15) is 33.6 Å². The summed E-state index contributed by atoms with van der Waals surface area (Å²) in [6, 6.07) is 5.27. The van der Waals surface area contributed by atoms with Gasteiger partial charge in [-0.2, -0.15) is 0 Å². The standard InChI is InChI=1S/C22H15Br4N3O4S2/c23-16-14-15(17(24)19(26)18(16)25)21(32)29(20(14)31)9-3-4-11-12(6-9)35-22(28-11)34-8-13(30)27-7-10-2-1-5-33-10/h3-4,6,10H,1-2,5,7-8H2,(H,27,30)/t10-/m0/s1. The van der Waals surface area contributed by atoms with Gasteiger partial charge >= 0.3 is 0 Å². The van der Waals surface area contributed by atoms with Crippen LogP contribution in [0.25, 0.3) is 10.2 Å². The van der Waals surface area contributed by atoms with E-state index in [0.29, 0.717) is 41.2 Å². The Bertz CT molecular complexity index is 1340. The first kappa shape index (κ1) is 25.8. The van der Waals surface area contributed by atoms with E-state index in [0.717, 1.165) is 34.0 Å². The van der Waals surface area contributed by atoms with Gasteiger partial charge in [0.2, 0.25) is 5.91 Å². The first-order valence-corrected chi connectivity index (χ1v) is 15.4. The molecule has 0 radical (unpaired) electrons. The van der Waals surface area contributed by atoms with Crippen molar-refractivity contribution in [3.05, 3.63) is 47.2 Å². The van der Waals surface area contributed by atoms with Gasteiger partial charge in [-0.05, 0) is 94.8 Å². The average Bonchev–Trinajstić information content (AvgIpc) is 3.56. The third-order valence-corrected chi connectivity index (χ3v) is 12.5. The molecule has 1 N–H and O–H groups in total. The summed E-state index contributed by atoms with van der Waals surface area (Å²) in [5.41, 5.74) is 1.80. The van der Waals surface area contributed by atoms with Crippen LogP contribution in [-0.4, -0.2) is 47.7 Å². The fourth-order valence-corrected chi connectivity index (χ4v) is 8.28. The molecule has 0 bridgehead atoms. The molecule has 3 aromatic rings. The van der Waals surface area contributed by atoms with E-state index in [9.17, 15) is 14.4 Å². The molecule has 182 valence electrons. The number of carbonyl (C=O) groups excluding carboxylic acids is 3. The Morgan fingerprint density at radius 1 is 1.11 bits per heavy atom. The molecule has 0 saturated carbocycles. The van der Waals surface area contributed by atoms with Crippen LogP contribution in [0, 0.1) is 0 Å². The van der Waals surface area contributed by atoms with E-state index >= 15 is 0 Å². The maximum absolute atomic E-state index is 13.3. The smallest absolute Gasteiger partial charge is 0.267 e. The lowest BCUT2D eigenvalue weighted by molar-refractivity contribution is -0.119. The summed E-state index contributed by atoms with van der Waals surface area (Å²) in [5, 5.41) is 2.91. The number of anilines is 1. The highest BCUT2D eigenvalue weighted by Crippen LogP contribution is 2.46. The Morgan fingerprint density at radius 3 is 2.43 bits per heavy atom. The van der Waals surface area contributed by atoms with E-state index in [-0.39, 0.29) is 17.8 Å². The Kier molecular flexibility index (Phi) is 7.74. The molecule has 0 spiro atoms. The molecule has 1 saturated heterocycles. The molecule has 1 aromatic heterocycles. The predicted octanol–water partition coefficient (Wildman–Crippen LogP) is 6.53. The van der Waals surface area contributed by atoms with Gasteiger partial charge in [-0.25, -0.2) is 9.88 Å². The Balaban J connectivity index is 1.33. The highest BCUT2D eigenvalue weighted by Gasteiger charge is 2.42. The van der Waals surface area contributed by atoms with E-state index < -0.39 is 11.8 Å². The van der Waals surface area contributed by atoms with Crippen LogP contribution < -0.4 is 10.2 Å².